The number of rotatable bonds is 3. The average molecular weight is 381 g/mol. The first-order valence-corrected chi connectivity index (χ1v) is 10.7. The summed E-state index contributed by atoms with van der Waals surface area (Å²) in [7, 11) is 1.77. The van der Waals surface area contributed by atoms with Crippen LogP contribution in [0.4, 0.5) is 0 Å². The van der Waals surface area contributed by atoms with E-state index in [1.165, 1.54) is 43.8 Å². The Morgan fingerprint density at radius 1 is 1.07 bits per heavy atom. The summed E-state index contributed by atoms with van der Waals surface area (Å²) in [4.78, 5) is 0. The van der Waals surface area contributed by atoms with Gasteiger partial charge in [-0.3, -0.25) is 0 Å². The van der Waals surface area contributed by atoms with Crippen LogP contribution < -0.4 is 10.4 Å². The van der Waals surface area contributed by atoms with Gasteiger partial charge in [0.2, 0.25) is 0 Å². The van der Waals surface area contributed by atoms with Crippen molar-refractivity contribution in [3.63, 3.8) is 0 Å². The Hall–Kier alpha value is -2.64. The average Bonchev–Trinajstić information content (AvgIpc) is 2.74. The second kappa shape index (κ2) is 7.31. The van der Waals surface area contributed by atoms with Gasteiger partial charge in [-0.15, -0.1) is 0 Å². The maximum atomic E-state index is 5.43. The second-order valence-electron chi connectivity index (χ2n) is 8.60. The van der Waals surface area contributed by atoms with Crippen LogP contribution in [0.25, 0.3) is 23.8 Å². The molecule has 146 valence electrons. The normalized spacial score (nSPS) is 22.1. The zero-order valence-electron chi connectivity index (χ0n) is 17.5. The third-order valence-electron chi connectivity index (χ3n) is 6.78. The van der Waals surface area contributed by atoms with Crippen LogP contribution in [0.3, 0.4) is 0 Å². The zero-order valence-corrected chi connectivity index (χ0v) is 17.5. The molecule has 1 heteroatoms. The van der Waals surface area contributed by atoms with Gasteiger partial charge < -0.3 is 4.74 Å². The minimum absolute atomic E-state index is 0.435. The van der Waals surface area contributed by atoms with Crippen LogP contribution in [0, 0.1) is 5.92 Å². The molecule has 0 spiro atoms. The third-order valence-corrected chi connectivity index (χ3v) is 6.78. The molecule has 0 fully saturated rings. The summed E-state index contributed by atoms with van der Waals surface area (Å²) >= 11 is 0. The first kappa shape index (κ1) is 18.4. The fourth-order valence-corrected chi connectivity index (χ4v) is 5.05. The lowest BCUT2D eigenvalue weighted by atomic mass is 9.77. The highest BCUT2D eigenvalue weighted by Crippen LogP contribution is 2.39. The molecule has 0 N–H and O–H groups in total. The van der Waals surface area contributed by atoms with E-state index >= 15 is 0 Å². The van der Waals surface area contributed by atoms with Gasteiger partial charge in [0.1, 0.15) is 0 Å². The van der Waals surface area contributed by atoms with Crippen LogP contribution in [0.1, 0.15) is 54.9 Å². The van der Waals surface area contributed by atoms with E-state index in [0.717, 1.165) is 12.8 Å². The molecule has 0 saturated heterocycles. The molecule has 2 atom stereocenters. The van der Waals surface area contributed by atoms with E-state index in [2.05, 4.69) is 80.6 Å². The number of ether oxygens (including phenoxy) is 1. The molecule has 1 unspecified atom stereocenters. The SMILES string of the molecule is COCc1ccccc1[C@@H]1C=CC2=C(CC=c3c2ccc2c3=CC(C)C(C)=C2)C1. The Morgan fingerprint density at radius 3 is 2.79 bits per heavy atom. The molecule has 2 aromatic carbocycles. The number of benzene rings is 2. The molecule has 3 aliphatic rings. The molecule has 0 heterocycles. The lowest BCUT2D eigenvalue weighted by molar-refractivity contribution is 0.184. The van der Waals surface area contributed by atoms with Crippen LogP contribution in [-0.2, 0) is 11.3 Å². The van der Waals surface area contributed by atoms with Crippen molar-refractivity contribution in [2.24, 2.45) is 5.92 Å². The van der Waals surface area contributed by atoms with Gasteiger partial charge in [-0.05, 0) is 63.9 Å². The van der Waals surface area contributed by atoms with Gasteiger partial charge in [0.05, 0.1) is 6.61 Å². The Labute approximate surface area is 173 Å². The van der Waals surface area contributed by atoms with Crippen molar-refractivity contribution >= 4 is 23.8 Å². The van der Waals surface area contributed by atoms with Crippen LogP contribution in [-0.4, -0.2) is 7.11 Å². The molecular formula is C28H28O. The summed E-state index contributed by atoms with van der Waals surface area (Å²) in [5.74, 6) is 0.950. The molecule has 3 aliphatic carbocycles. The van der Waals surface area contributed by atoms with Gasteiger partial charge in [-0.2, -0.15) is 0 Å². The molecule has 0 amide bonds. The quantitative estimate of drug-likeness (QED) is 0.698. The molecule has 29 heavy (non-hydrogen) atoms. The Kier molecular flexibility index (Phi) is 4.64. The highest BCUT2D eigenvalue weighted by molar-refractivity contribution is 5.83. The number of methoxy groups -OCH3 is 1. The monoisotopic (exact) mass is 380 g/mol. The van der Waals surface area contributed by atoms with Gasteiger partial charge in [0.15, 0.2) is 0 Å². The Morgan fingerprint density at radius 2 is 1.93 bits per heavy atom. The van der Waals surface area contributed by atoms with Crippen molar-refractivity contribution < 1.29 is 4.74 Å². The van der Waals surface area contributed by atoms with E-state index in [1.54, 1.807) is 12.7 Å². The number of hydrogen-bond acceptors (Lipinski definition) is 1. The highest BCUT2D eigenvalue weighted by Gasteiger charge is 2.23. The van der Waals surface area contributed by atoms with Crippen molar-refractivity contribution in [3.8, 4) is 0 Å². The standard InChI is InChI=1S/C28H28O/c1-18-14-20-9-12-26-25-11-8-21(24-7-5-4-6-23(24)17-29-3)16-22(25)10-13-27(26)28(20)15-19(18)2/h4-9,11-15,19,21H,10,16-17H2,1-3H3/t19?,21-/m1/s1. The first-order chi connectivity index (χ1) is 14.2. The zero-order chi connectivity index (χ0) is 20.0. The fraction of sp³-hybridized carbons (Fsp3) is 0.286. The van der Waals surface area contributed by atoms with Crippen LogP contribution in [0.15, 0.2) is 59.7 Å². The summed E-state index contributed by atoms with van der Waals surface area (Å²) < 4.78 is 5.43. The van der Waals surface area contributed by atoms with E-state index in [0.29, 0.717) is 18.4 Å². The van der Waals surface area contributed by atoms with Gasteiger partial charge in [0.25, 0.3) is 0 Å². The number of allylic oxidation sites excluding steroid dienone is 5. The highest BCUT2D eigenvalue weighted by atomic mass is 16.5. The van der Waals surface area contributed by atoms with Gasteiger partial charge in [-0.25, -0.2) is 0 Å². The summed E-state index contributed by atoms with van der Waals surface area (Å²) in [6.07, 6.45) is 14.2. The number of hydrogen-bond donors (Lipinski definition) is 0. The predicted octanol–water partition coefficient (Wildman–Crippen LogP) is 5.35. The predicted molar refractivity (Wildman–Crippen MR) is 123 cm³/mol. The van der Waals surface area contributed by atoms with E-state index in [-0.39, 0.29) is 0 Å². The molecular weight excluding hydrogens is 352 g/mol. The first-order valence-electron chi connectivity index (χ1n) is 10.7. The fourth-order valence-electron chi connectivity index (χ4n) is 5.05. The van der Waals surface area contributed by atoms with Crippen molar-refractivity contribution in [3.05, 3.63) is 92.4 Å². The Bertz CT molecular complexity index is 1190. The molecule has 0 radical (unpaired) electrons. The lowest BCUT2D eigenvalue weighted by Gasteiger charge is -2.27. The molecule has 5 rings (SSSR count). The smallest absolute Gasteiger partial charge is 0.0715 e. The van der Waals surface area contributed by atoms with E-state index in [9.17, 15) is 0 Å². The topological polar surface area (TPSA) is 9.23 Å². The molecule has 0 bridgehead atoms. The van der Waals surface area contributed by atoms with Crippen molar-refractivity contribution in [1.29, 1.82) is 0 Å². The van der Waals surface area contributed by atoms with Crippen molar-refractivity contribution in [2.45, 2.75) is 39.2 Å². The van der Waals surface area contributed by atoms with Crippen LogP contribution in [0.2, 0.25) is 0 Å². The van der Waals surface area contributed by atoms with Gasteiger partial charge >= 0.3 is 0 Å². The molecule has 1 nitrogen and oxygen atoms in total. The third kappa shape index (κ3) is 3.14. The largest absolute Gasteiger partial charge is 0.380 e. The molecule has 0 aromatic heterocycles. The second-order valence-corrected chi connectivity index (χ2v) is 8.60. The van der Waals surface area contributed by atoms with Crippen LogP contribution >= 0.6 is 0 Å². The molecule has 2 aromatic rings. The van der Waals surface area contributed by atoms with E-state index in [1.807, 2.05) is 0 Å². The van der Waals surface area contributed by atoms with Crippen molar-refractivity contribution in [2.75, 3.05) is 7.11 Å². The van der Waals surface area contributed by atoms with E-state index < -0.39 is 0 Å². The summed E-state index contributed by atoms with van der Waals surface area (Å²) in [5, 5.41) is 2.85. The van der Waals surface area contributed by atoms with Gasteiger partial charge in [-0.1, -0.05) is 84.8 Å². The van der Waals surface area contributed by atoms with Gasteiger partial charge in [0, 0.05) is 13.0 Å². The Balaban J connectivity index is 1.54. The molecule has 0 aliphatic heterocycles. The van der Waals surface area contributed by atoms with Crippen LogP contribution in [0.5, 0.6) is 0 Å². The minimum atomic E-state index is 0.435. The molecule has 0 saturated carbocycles. The maximum Gasteiger partial charge on any atom is 0.0715 e. The van der Waals surface area contributed by atoms with Crippen molar-refractivity contribution in [1.82, 2.24) is 0 Å². The van der Waals surface area contributed by atoms with E-state index in [4.69, 9.17) is 4.74 Å². The maximum absolute atomic E-state index is 5.43. The summed E-state index contributed by atoms with van der Waals surface area (Å²) in [5.41, 5.74) is 9.92. The minimum Gasteiger partial charge on any atom is -0.380 e. The lowest BCUT2D eigenvalue weighted by Crippen LogP contribution is -2.34. The number of fused-ring (bicyclic) bond motifs is 4. The summed E-state index contributed by atoms with van der Waals surface area (Å²) in [6, 6.07) is 13.3. The summed E-state index contributed by atoms with van der Waals surface area (Å²) in [6.45, 7) is 5.21.